The van der Waals surface area contributed by atoms with Crippen LogP contribution in [0.3, 0.4) is 0 Å². The highest BCUT2D eigenvalue weighted by Crippen LogP contribution is 2.26. The highest BCUT2D eigenvalue weighted by atomic mass is 16.5. The minimum Gasteiger partial charge on any atom is -0.476 e. The molecule has 5 nitrogen and oxygen atoms in total. The molecule has 0 spiro atoms. The van der Waals surface area contributed by atoms with E-state index in [-0.39, 0.29) is 0 Å². The number of nitrogens with two attached hydrogens (primary N) is 1. The van der Waals surface area contributed by atoms with Gasteiger partial charge in [0.25, 0.3) is 0 Å². The van der Waals surface area contributed by atoms with Crippen molar-refractivity contribution >= 4 is 5.82 Å². The molecule has 1 aliphatic rings. The number of likely N-dealkylation sites (tertiary alicyclic amines) is 1. The molecule has 22 heavy (non-hydrogen) atoms. The van der Waals surface area contributed by atoms with Crippen LogP contribution >= 0.6 is 0 Å². The Balaban J connectivity index is 1.72. The molecule has 0 aliphatic carbocycles. The molecule has 1 aliphatic heterocycles. The van der Waals surface area contributed by atoms with Crippen LogP contribution < -0.4 is 10.5 Å². The van der Waals surface area contributed by atoms with Crippen LogP contribution in [0.2, 0.25) is 0 Å². The summed E-state index contributed by atoms with van der Waals surface area (Å²) in [5.74, 6) is 1.86. The quantitative estimate of drug-likeness (QED) is 0.942. The Hall–Kier alpha value is -2.01. The van der Waals surface area contributed by atoms with Gasteiger partial charge < -0.3 is 15.4 Å². The molecule has 118 valence electrons. The molecule has 0 radical (unpaired) electrons. The summed E-state index contributed by atoms with van der Waals surface area (Å²) in [6.45, 7) is 4.94. The lowest BCUT2D eigenvalue weighted by Crippen LogP contribution is -2.34. The predicted molar refractivity (Wildman–Crippen MR) is 88.4 cm³/mol. The van der Waals surface area contributed by atoms with Crippen LogP contribution in [0.4, 0.5) is 5.82 Å². The Morgan fingerprint density at radius 2 is 2.09 bits per heavy atom. The predicted octanol–water partition coefficient (Wildman–Crippen LogP) is 2.48. The lowest BCUT2D eigenvalue weighted by atomic mass is 10.00. The first kappa shape index (κ1) is 14.9. The third kappa shape index (κ3) is 3.09. The fourth-order valence-electron chi connectivity index (χ4n) is 3.00. The van der Waals surface area contributed by atoms with Crippen molar-refractivity contribution in [3.63, 3.8) is 0 Å². The Morgan fingerprint density at radius 3 is 2.82 bits per heavy atom. The van der Waals surface area contributed by atoms with E-state index in [0.29, 0.717) is 24.2 Å². The largest absolute Gasteiger partial charge is 0.476 e. The van der Waals surface area contributed by atoms with Crippen molar-refractivity contribution in [3.8, 4) is 11.6 Å². The summed E-state index contributed by atoms with van der Waals surface area (Å²) in [4.78, 5) is 2.36. The van der Waals surface area contributed by atoms with Gasteiger partial charge in [-0.25, -0.2) is 4.68 Å². The molecule has 0 bridgehead atoms. The van der Waals surface area contributed by atoms with Gasteiger partial charge in [-0.1, -0.05) is 18.2 Å². The first-order valence-corrected chi connectivity index (χ1v) is 7.87. The third-order valence-corrected chi connectivity index (χ3v) is 4.30. The smallest absolute Gasteiger partial charge is 0.238 e. The number of ether oxygens (including phenoxy) is 1. The summed E-state index contributed by atoms with van der Waals surface area (Å²) in [6, 6.07) is 9.91. The molecule has 1 fully saturated rings. The molecule has 1 aromatic carbocycles. The number of nitrogen functional groups attached to an aromatic ring is 1. The first-order chi connectivity index (χ1) is 10.6. The molecule has 1 aromatic heterocycles. The Morgan fingerprint density at radius 1 is 1.32 bits per heavy atom. The van der Waals surface area contributed by atoms with Crippen molar-refractivity contribution in [2.75, 3.05) is 32.5 Å². The third-order valence-electron chi connectivity index (χ3n) is 4.30. The van der Waals surface area contributed by atoms with Gasteiger partial charge in [-0.05, 0) is 45.5 Å². The van der Waals surface area contributed by atoms with Crippen LogP contribution in [0.25, 0.3) is 5.69 Å². The Kier molecular flexibility index (Phi) is 4.34. The number of piperidine rings is 1. The zero-order chi connectivity index (χ0) is 15.5. The van der Waals surface area contributed by atoms with Gasteiger partial charge in [-0.3, -0.25) is 0 Å². The highest BCUT2D eigenvalue weighted by Gasteiger charge is 2.20. The number of benzene rings is 1. The molecule has 2 aromatic rings. The van der Waals surface area contributed by atoms with Gasteiger partial charge in [0.2, 0.25) is 5.88 Å². The summed E-state index contributed by atoms with van der Waals surface area (Å²) >= 11 is 0. The SMILES string of the molecule is Cc1c(OC[C@H]2CCCN(C)C2)nn(-c2ccccc2)c1N. The average molecular weight is 300 g/mol. The van der Waals surface area contributed by atoms with E-state index in [1.54, 1.807) is 4.68 Å². The van der Waals surface area contributed by atoms with Crippen molar-refractivity contribution in [1.82, 2.24) is 14.7 Å². The fraction of sp³-hybridized carbons (Fsp3) is 0.471. The molecule has 5 heteroatoms. The Labute approximate surface area is 131 Å². The average Bonchev–Trinajstić information content (AvgIpc) is 2.82. The van der Waals surface area contributed by atoms with E-state index in [1.165, 1.54) is 19.4 Å². The van der Waals surface area contributed by atoms with E-state index in [4.69, 9.17) is 10.5 Å². The standard InChI is InChI=1S/C17H24N4O/c1-13-16(18)21(15-8-4-3-5-9-15)19-17(13)22-12-14-7-6-10-20(2)11-14/h3-5,8-9,14H,6-7,10-12,18H2,1-2H3/t14-/m0/s1. The maximum absolute atomic E-state index is 6.18. The van der Waals surface area contributed by atoms with Crippen LogP contribution in [0.15, 0.2) is 30.3 Å². The minimum atomic E-state index is 0.571. The number of anilines is 1. The second-order valence-corrected chi connectivity index (χ2v) is 6.14. The Bertz CT molecular complexity index is 623. The number of rotatable bonds is 4. The first-order valence-electron chi connectivity index (χ1n) is 7.87. The van der Waals surface area contributed by atoms with E-state index in [1.807, 2.05) is 37.3 Å². The molecule has 3 rings (SSSR count). The van der Waals surface area contributed by atoms with Gasteiger partial charge in [0.1, 0.15) is 5.82 Å². The van der Waals surface area contributed by atoms with Crippen LogP contribution in [-0.2, 0) is 0 Å². The van der Waals surface area contributed by atoms with Crippen LogP contribution in [-0.4, -0.2) is 41.4 Å². The molecule has 0 saturated carbocycles. The summed E-state index contributed by atoms with van der Waals surface area (Å²) in [5, 5.41) is 4.54. The van der Waals surface area contributed by atoms with E-state index < -0.39 is 0 Å². The van der Waals surface area contributed by atoms with Gasteiger partial charge in [0.15, 0.2) is 0 Å². The molecular formula is C17H24N4O. The topological polar surface area (TPSA) is 56.3 Å². The molecule has 2 heterocycles. The number of hydrogen-bond acceptors (Lipinski definition) is 4. The molecule has 2 N–H and O–H groups in total. The van der Waals surface area contributed by atoms with Crippen LogP contribution in [0.5, 0.6) is 5.88 Å². The minimum absolute atomic E-state index is 0.571. The lowest BCUT2D eigenvalue weighted by molar-refractivity contribution is 0.147. The van der Waals surface area contributed by atoms with Crippen LogP contribution in [0.1, 0.15) is 18.4 Å². The molecule has 0 unspecified atom stereocenters. The summed E-state index contributed by atoms with van der Waals surface area (Å²) in [5.41, 5.74) is 8.04. The monoisotopic (exact) mass is 300 g/mol. The molecular weight excluding hydrogens is 276 g/mol. The molecule has 0 amide bonds. The number of nitrogens with zero attached hydrogens (tertiary/aromatic N) is 3. The van der Waals surface area contributed by atoms with Gasteiger partial charge in [0, 0.05) is 12.5 Å². The second kappa shape index (κ2) is 6.40. The van der Waals surface area contributed by atoms with Crippen molar-refractivity contribution in [2.45, 2.75) is 19.8 Å². The molecule has 1 saturated heterocycles. The van der Waals surface area contributed by atoms with Gasteiger partial charge in [-0.15, -0.1) is 5.10 Å². The second-order valence-electron chi connectivity index (χ2n) is 6.14. The fourth-order valence-corrected chi connectivity index (χ4v) is 3.00. The number of para-hydroxylation sites is 1. The van der Waals surface area contributed by atoms with E-state index in [0.717, 1.165) is 17.8 Å². The normalized spacial score (nSPS) is 19.3. The van der Waals surface area contributed by atoms with Crippen molar-refractivity contribution in [1.29, 1.82) is 0 Å². The van der Waals surface area contributed by atoms with E-state index >= 15 is 0 Å². The summed E-state index contributed by atoms with van der Waals surface area (Å²) < 4.78 is 7.72. The molecule has 1 atom stereocenters. The van der Waals surface area contributed by atoms with Gasteiger partial charge in [-0.2, -0.15) is 0 Å². The summed E-state index contributed by atoms with van der Waals surface area (Å²) in [6.07, 6.45) is 2.46. The van der Waals surface area contributed by atoms with Gasteiger partial charge >= 0.3 is 0 Å². The van der Waals surface area contributed by atoms with Crippen molar-refractivity contribution < 1.29 is 4.74 Å². The zero-order valence-electron chi connectivity index (χ0n) is 13.3. The van der Waals surface area contributed by atoms with E-state index in [2.05, 4.69) is 17.0 Å². The van der Waals surface area contributed by atoms with Crippen LogP contribution in [0, 0.1) is 12.8 Å². The highest BCUT2D eigenvalue weighted by molar-refractivity contribution is 5.51. The van der Waals surface area contributed by atoms with Crippen molar-refractivity contribution in [2.24, 2.45) is 5.92 Å². The summed E-state index contributed by atoms with van der Waals surface area (Å²) in [7, 11) is 2.17. The van der Waals surface area contributed by atoms with Crippen molar-refractivity contribution in [3.05, 3.63) is 35.9 Å². The maximum atomic E-state index is 6.18. The van der Waals surface area contributed by atoms with E-state index in [9.17, 15) is 0 Å². The lowest BCUT2D eigenvalue weighted by Gasteiger charge is -2.29. The number of aromatic nitrogens is 2. The zero-order valence-corrected chi connectivity index (χ0v) is 13.3. The number of hydrogen-bond donors (Lipinski definition) is 1. The maximum Gasteiger partial charge on any atom is 0.238 e. The van der Waals surface area contributed by atoms with Gasteiger partial charge in [0.05, 0.1) is 17.9 Å².